The zero-order valence-electron chi connectivity index (χ0n) is 9.70. The second kappa shape index (κ2) is 7.58. The summed E-state index contributed by atoms with van der Waals surface area (Å²) in [6.45, 7) is 1.88. The summed E-state index contributed by atoms with van der Waals surface area (Å²) in [4.78, 5) is 5.50. The molecule has 0 aromatic carbocycles. The molecule has 0 radical (unpaired) electrons. The minimum atomic E-state index is 0. The first-order valence-electron chi connectivity index (χ1n) is 5.46. The lowest BCUT2D eigenvalue weighted by molar-refractivity contribution is 0.739. The monoisotopic (exact) mass is 429 g/mol. The molecule has 2 N–H and O–H groups in total. The Bertz CT molecular complexity index is 377. The Morgan fingerprint density at radius 1 is 1.47 bits per heavy atom. The van der Waals surface area contributed by atoms with E-state index in [1.807, 2.05) is 7.05 Å². The fraction of sp³-hybridized carbons (Fsp3) is 0.545. The van der Waals surface area contributed by atoms with Crippen LogP contribution in [0.5, 0.6) is 0 Å². The summed E-state index contributed by atoms with van der Waals surface area (Å²) in [7, 11) is 1.81. The van der Waals surface area contributed by atoms with E-state index in [9.17, 15) is 0 Å². The molecule has 0 atom stereocenters. The van der Waals surface area contributed by atoms with Crippen LogP contribution in [0, 0.1) is 5.92 Å². The van der Waals surface area contributed by atoms with Gasteiger partial charge in [-0.3, -0.25) is 4.99 Å². The average molecular weight is 430 g/mol. The van der Waals surface area contributed by atoms with Gasteiger partial charge in [-0.2, -0.15) is 0 Å². The molecule has 0 aliphatic heterocycles. The van der Waals surface area contributed by atoms with E-state index in [1.54, 1.807) is 11.3 Å². The number of nitrogens with one attached hydrogen (secondary N) is 2. The molecule has 1 aliphatic carbocycles. The average Bonchev–Trinajstić information content (AvgIpc) is 3.02. The molecule has 3 nitrogen and oxygen atoms in total. The quantitative estimate of drug-likeness (QED) is 0.438. The van der Waals surface area contributed by atoms with E-state index < -0.39 is 0 Å². The van der Waals surface area contributed by atoms with E-state index in [2.05, 4.69) is 43.7 Å². The Morgan fingerprint density at radius 2 is 2.24 bits per heavy atom. The van der Waals surface area contributed by atoms with E-state index >= 15 is 0 Å². The predicted molar refractivity (Wildman–Crippen MR) is 88.4 cm³/mol. The number of hydrogen-bond acceptors (Lipinski definition) is 2. The lowest BCUT2D eigenvalue weighted by Gasteiger charge is -2.10. The Kier molecular flexibility index (Phi) is 6.79. The van der Waals surface area contributed by atoms with Crippen molar-refractivity contribution in [2.45, 2.75) is 19.4 Å². The highest BCUT2D eigenvalue weighted by Crippen LogP contribution is 2.27. The van der Waals surface area contributed by atoms with E-state index in [-0.39, 0.29) is 24.0 Å². The van der Waals surface area contributed by atoms with Crippen molar-refractivity contribution in [3.63, 3.8) is 0 Å². The van der Waals surface area contributed by atoms with Gasteiger partial charge in [-0.1, -0.05) is 0 Å². The van der Waals surface area contributed by atoms with Crippen molar-refractivity contribution in [3.8, 4) is 0 Å². The van der Waals surface area contributed by atoms with Gasteiger partial charge in [0.15, 0.2) is 5.96 Å². The Balaban J connectivity index is 0.00000144. The maximum atomic E-state index is 4.20. The number of rotatable bonds is 4. The fourth-order valence-corrected chi connectivity index (χ4v) is 2.82. The van der Waals surface area contributed by atoms with Crippen molar-refractivity contribution in [2.75, 3.05) is 13.6 Å². The Hall–Kier alpha value is 0.180. The molecule has 0 bridgehead atoms. The van der Waals surface area contributed by atoms with Crippen LogP contribution in [-0.2, 0) is 6.54 Å². The largest absolute Gasteiger partial charge is 0.356 e. The molecule has 96 valence electrons. The topological polar surface area (TPSA) is 36.4 Å². The third-order valence-electron chi connectivity index (χ3n) is 2.54. The molecule has 1 aliphatic rings. The van der Waals surface area contributed by atoms with Crippen LogP contribution in [-0.4, -0.2) is 19.6 Å². The highest BCUT2D eigenvalue weighted by molar-refractivity contribution is 14.0. The lowest BCUT2D eigenvalue weighted by Crippen LogP contribution is -2.37. The smallest absolute Gasteiger partial charge is 0.191 e. The molecular formula is C11H17BrIN3S. The number of hydrogen-bond donors (Lipinski definition) is 2. The molecule has 1 heterocycles. The zero-order valence-corrected chi connectivity index (χ0v) is 14.4. The van der Waals surface area contributed by atoms with Crippen LogP contribution in [0.1, 0.15) is 17.7 Å². The molecular weight excluding hydrogens is 413 g/mol. The van der Waals surface area contributed by atoms with Gasteiger partial charge in [0.25, 0.3) is 0 Å². The number of nitrogens with zero attached hydrogens (tertiary/aromatic N) is 1. The van der Waals surface area contributed by atoms with Crippen molar-refractivity contribution < 1.29 is 0 Å². The molecule has 6 heteroatoms. The number of thiophene rings is 1. The summed E-state index contributed by atoms with van der Waals surface area (Å²) < 4.78 is 1.17. The van der Waals surface area contributed by atoms with Gasteiger partial charge < -0.3 is 10.6 Å². The van der Waals surface area contributed by atoms with Crippen LogP contribution in [0.15, 0.2) is 20.9 Å². The van der Waals surface area contributed by atoms with Crippen molar-refractivity contribution >= 4 is 57.2 Å². The summed E-state index contributed by atoms with van der Waals surface area (Å²) in [5.74, 6) is 1.77. The molecule has 1 saturated carbocycles. The molecule has 0 saturated heterocycles. The number of halogens is 2. The summed E-state index contributed by atoms with van der Waals surface area (Å²) in [6, 6.07) is 4.19. The van der Waals surface area contributed by atoms with Gasteiger partial charge in [-0.25, -0.2) is 0 Å². The summed E-state index contributed by atoms with van der Waals surface area (Å²) >= 11 is 5.21. The molecule has 1 fully saturated rings. The standard InChI is InChI=1S/C11H16BrN3S.HI/c1-13-11(14-6-8-2-3-8)15-7-9-4-5-10(12)16-9;/h4-5,8H,2-3,6-7H2,1H3,(H2,13,14,15);1H. The minimum absolute atomic E-state index is 0. The highest BCUT2D eigenvalue weighted by Gasteiger charge is 2.20. The van der Waals surface area contributed by atoms with E-state index in [4.69, 9.17) is 0 Å². The van der Waals surface area contributed by atoms with Gasteiger partial charge in [0.2, 0.25) is 0 Å². The molecule has 17 heavy (non-hydrogen) atoms. The summed E-state index contributed by atoms with van der Waals surface area (Å²) in [5, 5.41) is 6.65. The Morgan fingerprint density at radius 3 is 2.76 bits per heavy atom. The SMILES string of the molecule is CN=C(NCc1ccc(Br)s1)NCC1CC1.I. The van der Waals surface area contributed by atoms with Crippen LogP contribution in [0.25, 0.3) is 0 Å². The third-order valence-corrected chi connectivity index (χ3v) is 4.16. The van der Waals surface area contributed by atoms with Gasteiger partial charge in [-0.15, -0.1) is 35.3 Å². The van der Waals surface area contributed by atoms with Gasteiger partial charge in [0.05, 0.1) is 10.3 Å². The van der Waals surface area contributed by atoms with Crippen LogP contribution in [0.4, 0.5) is 0 Å². The minimum Gasteiger partial charge on any atom is -0.356 e. The lowest BCUT2D eigenvalue weighted by atomic mass is 10.4. The van der Waals surface area contributed by atoms with E-state index in [0.717, 1.165) is 25.0 Å². The van der Waals surface area contributed by atoms with E-state index in [1.165, 1.54) is 21.5 Å². The summed E-state index contributed by atoms with van der Waals surface area (Å²) in [5.41, 5.74) is 0. The number of aliphatic imine (C=N–C) groups is 1. The van der Waals surface area contributed by atoms with Gasteiger partial charge in [0, 0.05) is 18.5 Å². The van der Waals surface area contributed by atoms with Crippen molar-refractivity contribution in [3.05, 3.63) is 20.8 Å². The van der Waals surface area contributed by atoms with Crippen LogP contribution in [0.3, 0.4) is 0 Å². The first-order valence-corrected chi connectivity index (χ1v) is 7.07. The maximum absolute atomic E-state index is 4.20. The van der Waals surface area contributed by atoms with Gasteiger partial charge >= 0.3 is 0 Å². The normalized spacial score (nSPS) is 15.3. The summed E-state index contributed by atoms with van der Waals surface area (Å²) in [6.07, 6.45) is 2.73. The zero-order chi connectivity index (χ0) is 11.4. The molecule has 0 spiro atoms. The molecule has 0 unspecified atom stereocenters. The second-order valence-corrected chi connectivity index (χ2v) is 6.50. The third kappa shape index (κ3) is 5.56. The predicted octanol–water partition coefficient (Wildman–Crippen LogP) is 3.20. The first kappa shape index (κ1) is 15.2. The Labute approximate surface area is 132 Å². The van der Waals surface area contributed by atoms with Crippen LogP contribution >= 0.6 is 51.2 Å². The number of guanidine groups is 1. The fourth-order valence-electron chi connectivity index (χ4n) is 1.40. The first-order chi connectivity index (χ1) is 7.78. The van der Waals surface area contributed by atoms with E-state index in [0.29, 0.717) is 0 Å². The highest BCUT2D eigenvalue weighted by atomic mass is 127. The molecule has 1 aromatic heterocycles. The molecule has 0 amide bonds. The molecule has 1 aromatic rings. The molecule has 2 rings (SSSR count). The second-order valence-electron chi connectivity index (χ2n) is 3.96. The van der Waals surface area contributed by atoms with Gasteiger partial charge in [-0.05, 0) is 46.8 Å². The van der Waals surface area contributed by atoms with Crippen LogP contribution in [0.2, 0.25) is 0 Å². The van der Waals surface area contributed by atoms with Crippen molar-refractivity contribution in [2.24, 2.45) is 10.9 Å². The van der Waals surface area contributed by atoms with Crippen molar-refractivity contribution in [1.82, 2.24) is 10.6 Å². The van der Waals surface area contributed by atoms with Gasteiger partial charge in [0.1, 0.15) is 0 Å². The maximum Gasteiger partial charge on any atom is 0.191 e. The van der Waals surface area contributed by atoms with Crippen LogP contribution < -0.4 is 10.6 Å². The van der Waals surface area contributed by atoms with Crippen molar-refractivity contribution in [1.29, 1.82) is 0 Å².